The van der Waals surface area contributed by atoms with Crippen molar-refractivity contribution in [2.75, 3.05) is 26.2 Å². The van der Waals surface area contributed by atoms with Gasteiger partial charge < -0.3 is 20.9 Å². The third-order valence-corrected chi connectivity index (χ3v) is 4.16. The summed E-state index contributed by atoms with van der Waals surface area (Å²) in [6.07, 6.45) is 0.543. The summed E-state index contributed by atoms with van der Waals surface area (Å²) in [6, 6.07) is 9.32. The average molecular weight is 325 g/mol. The van der Waals surface area contributed by atoms with Crippen molar-refractivity contribution in [2.45, 2.75) is 18.5 Å². The van der Waals surface area contributed by atoms with Crippen molar-refractivity contribution in [2.24, 2.45) is 5.73 Å². The number of carbonyl (C=O) groups excluding carboxylic acids is 2. The highest BCUT2D eigenvalue weighted by Crippen LogP contribution is 2.15. The smallest absolute Gasteiger partial charge is 0.317 e. The van der Waals surface area contributed by atoms with Gasteiger partial charge in [0.15, 0.2) is 0 Å². The fourth-order valence-corrected chi connectivity index (χ4v) is 2.99. The SMILES string of the molecule is Cl.NC(Cc1ccccc1)C(=O)N1CCN2C(=O)NCC2C1. The summed E-state index contributed by atoms with van der Waals surface area (Å²) in [4.78, 5) is 27.6. The van der Waals surface area contributed by atoms with Gasteiger partial charge in [0.25, 0.3) is 0 Å². The summed E-state index contributed by atoms with van der Waals surface area (Å²) in [6.45, 7) is 2.32. The van der Waals surface area contributed by atoms with Crippen LogP contribution in [-0.2, 0) is 11.2 Å². The van der Waals surface area contributed by atoms with Gasteiger partial charge in [-0.25, -0.2) is 4.79 Å². The van der Waals surface area contributed by atoms with Gasteiger partial charge in [0, 0.05) is 26.2 Å². The number of hydrogen-bond donors (Lipinski definition) is 2. The van der Waals surface area contributed by atoms with Crippen molar-refractivity contribution in [3.8, 4) is 0 Å². The van der Waals surface area contributed by atoms with Gasteiger partial charge in [-0.2, -0.15) is 0 Å². The van der Waals surface area contributed by atoms with Gasteiger partial charge in [0.05, 0.1) is 12.1 Å². The quantitative estimate of drug-likeness (QED) is 0.834. The molecule has 0 spiro atoms. The van der Waals surface area contributed by atoms with Gasteiger partial charge in [-0.3, -0.25) is 4.79 Å². The number of nitrogens with one attached hydrogen (secondary N) is 1. The van der Waals surface area contributed by atoms with Crippen molar-refractivity contribution in [1.82, 2.24) is 15.1 Å². The number of carbonyl (C=O) groups is 2. The van der Waals surface area contributed by atoms with Crippen LogP contribution in [0.1, 0.15) is 5.56 Å². The number of amides is 3. The van der Waals surface area contributed by atoms with E-state index in [1.807, 2.05) is 30.3 Å². The lowest BCUT2D eigenvalue weighted by atomic mass is 10.0. The Bertz CT molecular complexity index is 540. The Morgan fingerprint density at radius 1 is 1.32 bits per heavy atom. The molecule has 3 N–H and O–H groups in total. The van der Waals surface area contributed by atoms with Gasteiger partial charge in [0.2, 0.25) is 5.91 Å². The van der Waals surface area contributed by atoms with Crippen LogP contribution in [0.2, 0.25) is 0 Å². The van der Waals surface area contributed by atoms with Crippen LogP contribution in [0.3, 0.4) is 0 Å². The molecule has 2 aliphatic rings. The molecule has 120 valence electrons. The minimum absolute atomic E-state index is 0. The van der Waals surface area contributed by atoms with E-state index >= 15 is 0 Å². The molecule has 22 heavy (non-hydrogen) atoms. The van der Waals surface area contributed by atoms with Crippen LogP contribution in [0.15, 0.2) is 30.3 Å². The second-order valence-electron chi connectivity index (χ2n) is 5.61. The number of urea groups is 1. The molecule has 0 bridgehead atoms. The summed E-state index contributed by atoms with van der Waals surface area (Å²) in [7, 11) is 0. The van der Waals surface area contributed by atoms with Gasteiger partial charge in [0.1, 0.15) is 0 Å². The maximum Gasteiger partial charge on any atom is 0.317 e. The molecule has 2 heterocycles. The van der Waals surface area contributed by atoms with E-state index in [-0.39, 0.29) is 30.4 Å². The largest absolute Gasteiger partial charge is 0.337 e. The summed E-state index contributed by atoms with van der Waals surface area (Å²) in [5, 5.41) is 2.81. The lowest BCUT2D eigenvalue weighted by Gasteiger charge is -2.37. The molecule has 0 radical (unpaired) electrons. The van der Waals surface area contributed by atoms with Crippen LogP contribution >= 0.6 is 12.4 Å². The molecule has 3 rings (SSSR count). The number of piperazine rings is 1. The zero-order chi connectivity index (χ0) is 14.8. The number of benzene rings is 1. The van der Waals surface area contributed by atoms with E-state index < -0.39 is 6.04 Å². The summed E-state index contributed by atoms with van der Waals surface area (Å²) in [5.74, 6) is -0.0298. The van der Waals surface area contributed by atoms with Crippen molar-refractivity contribution in [3.63, 3.8) is 0 Å². The van der Waals surface area contributed by atoms with Gasteiger partial charge in [-0.15, -0.1) is 12.4 Å². The van der Waals surface area contributed by atoms with E-state index in [1.165, 1.54) is 0 Å². The molecular formula is C15H21ClN4O2. The van der Waals surface area contributed by atoms with Crippen LogP contribution in [0.4, 0.5) is 4.79 Å². The Kier molecular flexibility index (Phi) is 5.26. The van der Waals surface area contributed by atoms with E-state index in [0.717, 1.165) is 5.56 Å². The number of nitrogens with zero attached hydrogens (tertiary/aromatic N) is 2. The molecule has 2 aliphatic heterocycles. The maximum atomic E-state index is 12.4. The minimum atomic E-state index is -0.524. The van der Waals surface area contributed by atoms with Crippen molar-refractivity contribution >= 4 is 24.3 Å². The molecule has 0 saturated carbocycles. The topological polar surface area (TPSA) is 78.7 Å². The molecule has 2 atom stereocenters. The Morgan fingerprint density at radius 3 is 2.77 bits per heavy atom. The molecule has 0 aliphatic carbocycles. The lowest BCUT2D eigenvalue weighted by molar-refractivity contribution is -0.134. The third kappa shape index (κ3) is 3.34. The highest BCUT2D eigenvalue weighted by atomic mass is 35.5. The molecule has 2 fully saturated rings. The van der Waals surface area contributed by atoms with Gasteiger partial charge in [-0.05, 0) is 12.0 Å². The third-order valence-electron chi connectivity index (χ3n) is 4.16. The average Bonchev–Trinajstić information content (AvgIpc) is 2.88. The predicted octanol–water partition coefficient (Wildman–Crippen LogP) is 0.214. The Balaban J connectivity index is 0.00000176. The fourth-order valence-electron chi connectivity index (χ4n) is 2.99. The second kappa shape index (κ2) is 6.98. The van der Waals surface area contributed by atoms with Crippen LogP contribution < -0.4 is 11.1 Å². The number of halogens is 1. The Morgan fingerprint density at radius 2 is 2.05 bits per heavy atom. The van der Waals surface area contributed by atoms with Crippen molar-refractivity contribution < 1.29 is 9.59 Å². The zero-order valence-corrected chi connectivity index (χ0v) is 13.1. The van der Waals surface area contributed by atoms with E-state index in [4.69, 9.17) is 5.73 Å². The lowest BCUT2D eigenvalue weighted by Crippen LogP contribution is -2.57. The number of fused-ring (bicyclic) bond motifs is 1. The molecule has 2 saturated heterocycles. The Labute approximate surface area is 136 Å². The van der Waals surface area contributed by atoms with Crippen LogP contribution in [-0.4, -0.2) is 60.0 Å². The normalized spacial score (nSPS) is 21.7. The van der Waals surface area contributed by atoms with E-state index in [0.29, 0.717) is 32.6 Å². The first-order valence-electron chi connectivity index (χ1n) is 7.28. The molecule has 7 heteroatoms. The number of hydrogen-bond acceptors (Lipinski definition) is 3. The first-order valence-corrected chi connectivity index (χ1v) is 7.28. The summed E-state index contributed by atoms with van der Waals surface area (Å²) in [5.41, 5.74) is 7.12. The molecule has 2 unspecified atom stereocenters. The van der Waals surface area contributed by atoms with Crippen LogP contribution in [0, 0.1) is 0 Å². The first kappa shape index (κ1) is 16.6. The second-order valence-corrected chi connectivity index (χ2v) is 5.61. The van der Waals surface area contributed by atoms with Gasteiger partial charge >= 0.3 is 6.03 Å². The summed E-state index contributed by atoms with van der Waals surface area (Å²) >= 11 is 0. The fraction of sp³-hybridized carbons (Fsp3) is 0.467. The van der Waals surface area contributed by atoms with Crippen molar-refractivity contribution in [1.29, 1.82) is 0 Å². The van der Waals surface area contributed by atoms with Gasteiger partial charge in [-0.1, -0.05) is 30.3 Å². The zero-order valence-electron chi connectivity index (χ0n) is 12.3. The number of nitrogens with two attached hydrogens (primary N) is 1. The highest BCUT2D eigenvalue weighted by molar-refractivity contribution is 5.85. The van der Waals surface area contributed by atoms with E-state index in [9.17, 15) is 9.59 Å². The molecule has 3 amide bonds. The van der Waals surface area contributed by atoms with Crippen LogP contribution in [0.5, 0.6) is 0 Å². The maximum absolute atomic E-state index is 12.4. The summed E-state index contributed by atoms with van der Waals surface area (Å²) < 4.78 is 0. The standard InChI is InChI=1S/C15H20N4O2.ClH/c16-13(8-11-4-2-1-3-5-11)14(20)18-6-7-19-12(10-18)9-17-15(19)21;/h1-5,12-13H,6-10,16H2,(H,17,21);1H. The molecule has 1 aromatic carbocycles. The van der Waals surface area contributed by atoms with Crippen molar-refractivity contribution in [3.05, 3.63) is 35.9 Å². The highest BCUT2D eigenvalue weighted by Gasteiger charge is 2.37. The predicted molar refractivity (Wildman–Crippen MR) is 85.8 cm³/mol. The number of rotatable bonds is 3. The van der Waals surface area contributed by atoms with Crippen LogP contribution in [0.25, 0.3) is 0 Å². The monoisotopic (exact) mass is 324 g/mol. The van der Waals surface area contributed by atoms with E-state index in [2.05, 4.69) is 5.32 Å². The minimum Gasteiger partial charge on any atom is -0.337 e. The molecule has 6 nitrogen and oxygen atoms in total. The molecule has 0 aromatic heterocycles. The first-order chi connectivity index (χ1) is 10.1. The molecule has 1 aromatic rings. The Hall–Kier alpha value is -1.79. The molecular weight excluding hydrogens is 304 g/mol. The van der Waals surface area contributed by atoms with E-state index in [1.54, 1.807) is 9.80 Å².